The second kappa shape index (κ2) is 5.12. The van der Waals surface area contributed by atoms with Crippen molar-refractivity contribution in [2.75, 3.05) is 18.0 Å². The van der Waals surface area contributed by atoms with Crippen LogP contribution in [0.15, 0.2) is 24.3 Å². The van der Waals surface area contributed by atoms with E-state index in [0.29, 0.717) is 12.5 Å². The molecule has 0 fully saturated rings. The first-order chi connectivity index (χ1) is 8.91. The zero-order valence-electron chi connectivity index (χ0n) is 10.6. The second-order valence-electron chi connectivity index (χ2n) is 5.07. The standard InChI is InChI=1S/C14H15F3N2/c1-10-6-11-4-2-3-5-13(11)19(8-10)9-12(7-18)14(15,16)17/h2-5,10,12H,6,8-9H2,1H3. The Morgan fingerprint density at radius 3 is 2.74 bits per heavy atom. The van der Waals surface area contributed by atoms with E-state index in [4.69, 9.17) is 5.26 Å². The summed E-state index contributed by atoms with van der Waals surface area (Å²) in [6.07, 6.45) is -3.60. The van der Waals surface area contributed by atoms with Gasteiger partial charge in [-0.05, 0) is 24.0 Å². The number of hydrogen-bond donors (Lipinski definition) is 0. The van der Waals surface area contributed by atoms with Gasteiger partial charge in [0.2, 0.25) is 0 Å². The third-order valence-electron chi connectivity index (χ3n) is 3.39. The molecule has 0 aliphatic carbocycles. The Balaban J connectivity index is 2.24. The summed E-state index contributed by atoms with van der Waals surface area (Å²) in [6.45, 7) is 2.28. The van der Waals surface area contributed by atoms with Gasteiger partial charge >= 0.3 is 6.18 Å². The Morgan fingerprint density at radius 2 is 2.11 bits per heavy atom. The SMILES string of the molecule is CC1Cc2ccccc2N(CC(C#N)C(F)(F)F)C1. The molecule has 2 nitrogen and oxygen atoms in total. The van der Waals surface area contributed by atoms with Crippen LogP contribution in [-0.4, -0.2) is 19.3 Å². The summed E-state index contributed by atoms with van der Waals surface area (Å²) < 4.78 is 38.1. The van der Waals surface area contributed by atoms with Gasteiger partial charge in [0, 0.05) is 18.8 Å². The smallest absolute Gasteiger partial charge is 0.369 e. The molecule has 102 valence electrons. The average molecular weight is 268 g/mol. The van der Waals surface area contributed by atoms with Gasteiger partial charge in [-0.15, -0.1) is 0 Å². The zero-order chi connectivity index (χ0) is 14.0. The highest BCUT2D eigenvalue weighted by atomic mass is 19.4. The monoisotopic (exact) mass is 268 g/mol. The van der Waals surface area contributed by atoms with Crippen LogP contribution in [0.2, 0.25) is 0 Å². The summed E-state index contributed by atoms with van der Waals surface area (Å²) in [6, 6.07) is 8.84. The maximum Gasteiger partial charge on any atom is 0.406 e. The highest BCUT2D eigenvalue weighted by molar-refractivity contribution is 5.55. The topological polar surface area (TPSA) is 27.0 Å². The maximum absolute atomic E-state index is 12.7. The summed E-state index contributed by atoms with van der Waals surface area (Å²) in [5.74, 6) is -1.65. The molecule has 2 rings (SSSR count). The fourth-order valence-electron chi connectivity index (χ4n) is 2.52. The molecule has 2 unspecified atom stereocenters. The van der Waals surface area contributed by atoms with Gasteiger partial charge in [-0.1, -0.05) is 25.1 Å². The van der Waals surface area contributed by atoms with Crippen molar-refractivity contribution in [1.82, 2.24) is 0 Å². The van der Waals surface area contributed by atoms with Crippen LogP contribution < -0.4 is 4.90 Å². The van der Waals surface area contributed by atoms with E-state index in [-0.39, 0.29) is 6.54 Å². The minimum Gasteiger partial charge on any atom is -0.369 e. The number of benzene rings is 1. The van der Waals surface area contributed by atoms with Crippen molar-refractivity contribution in [3.63, 3.8) is 0 Å². The van der Waals surface area contributed by atoms with E-state index >= 15 is 0 Å². The molecule has 0 bridgehead atoms. The van der Waals surface area contributed by atoms with Crippen LogP contribution >= 0.6 is 0 Å². The van der Waals surface area contributed by atoms with Crippen molar-refractivity contribution in [1.29, 1.82) is 5.26 Å². The molecule has 0 N–H and O–H groups in total. The second-order valence-corrected chi connectivity index (χ2v) is 5.07. The van der Waals surface area contributed by atoms with Crippen LogP contribution in [0.4, 0.5) is 18.9 Å². The van der Waals surface area contributed by atoms with Gasteiger partial charge in [-0.2, -0.15) is 18.4 Å². The first-order valence-corrected chi connectivity index (χ1v) is 6.21. The predicted molar refractivity (Wildman–Crippen MR) is 66.7 cm³/mol. The summed E-state index contributed by atoms with van der Waals surface area (Å²) in [5, 5.41) is 8.71. The van der Waals surface area contributed by atoms with Crippen molar-refractivity contribution in [2.45, 2.75) is 19.5 Å². The number of fused-ring (bicyclic) bond motifs is 1. The Hall–Kier alpha value is -1.70. The average Bonchev–Trinajstić information content (AvgIpc) is 2.34. The Kier molecular flexibility index (Phi) is 3.70. The van der Waals surface area contributed by atoms with Gasteiger partial charge in [0.05, 0.1) is 6.07 Å². The maximum atomic E-state index is 12.7. The Morgan fingerprint density at radius 1 is 1.42 bits per heavy atom. The van der Waals surface area contributed by atoms with Crippen LogP contribution in [0.25, 0.3) is 0 Å². The van der Waals surface area contributed by atoms with Crippen LogP contribution in [0, 0.1) is 23.2 Å². The molecule has 0 amide bonds. The Labute approximate surface area is 110 Å². The minimum absolute atomic E-state index is 0.290. The molecular weight excluding hydrogens is 253 g/mol. The van der Waals surface area contributed by atoms with Crippen LogP contribution in [0.5, 0.6) is 0 Å². The molecule has 1 aliphatic heterocycles. The number of alkyl halides is 3. The lowest BCUT2D eigenvalue weighted by Gasteiger charge is -2.36. The predicted octanol–water partition coefficient (Wildman–Crippen LogP) is 3.39. The largest absolute Gasteiger partial charge is 0.406 e. The summed E-state index contributed by atoms with van der Waals surface area (Å²) >= 11 is 0. The van der Waals surface area contributed by atoms with Crippen molar-refractivity contribution in [3.05, 3.63) is 29.8 Å². The molecule has 5 heteroatoms. The summed E-state index contributed by atoms with van der Waals surface area (Å²) in [7, 11) is 0. The summed E-state index contributed by atoms with van der Waals surface area (Å²) in [5.41, 5.74) is 1.88. The number of nitrogens with zero attached hydrogens (tertiary/aromatic N) is 2. The van der Waals surface area contributed by atoms with E-state index in [0.717, 1.165) is 17.7 Å². The van der Waals surface area contributed by atoms with Gasteiger partial charge in [-0.25, -0.2) is 0 Å². The van der Waals surface area contributed by atoms with Gasteiger partial charge in [0.25, 0.3) is 0 Å². The van der Waals surface area contributed by atoms with Gasteiger partial charge in [-0.3, -0.25) is 0 Å². The fraction of sp³-hybridized carbons (Fsp3) is 0.500. The van der Waals surface area contributed by atoms with E-state index in [2.05, 4.69) is 0 Å². The van der Waals surface area contributed by atoms with Crippen LogP contribution in [0.1, 0.15) is 12.5 Å². The van der Waals surface area contributed by atoms with Gasteiger partial charge in [0.1, 0.15) is 0 Å². The van der Waals surface area contributed by atoms with E-state index in [1.54, 1.807) is 4.90 Å². The summed E-state index contributed by atoms with van der Waals surface area (Å²) in [4.78, 5) is 1.69. The molecule has 2 atom stereocenters. The number of hydrogen-bond acceptors (Lipinski definition) is 2. The van der Waals surface area contributed by atoms with Crippen molar-refractivity contribution < 1.29 is 13.2 Å². The minimum atomic E-state index is -4.47. The lowest BCUT2D eigenvalue weighted by Crippen LogP contribution is -2.41. The molecule has 1 aliphatic rings. The zero-order valence-corrected chi connectivity index (χ0v) is 10.6. The van der Waals surface area contributed by atoms with Crippen molar-refractivity contribution >= 4 is 5.69 Å². The number of rotatable bonds is 2. The Bertz CT molecular complexity index is 490. The quantitative estimate of drug-likeness (QED) is 0.822. The van der Waals surface area contributed by atoms with E-state index in [9.17, 15) is 13.2 Å². The van der Waals surface area contributed by atoms with Gasteiger partial charge in [0.15, 0.2) is 5.92 Å². The van der Waals surface area contributed by atoms with E-state index in [1.807, 2.05) is 31.2 Å². The first-order valence-electron chi connectivity index (χ1n) is 6.21. The first kappa shape index (κ1) is 13.7. The number of nitriles is 1. The van der Waals surface area contributed by atoms with E-state index in [1.165, 1.54) is 6.07 Å². The molecule has 1 aromatic rings. The molecule has 0 saturated carbocycles. The highest BCUT2D eigenvalue weighted by Crippen LogP contribution is 2.33. The molecule has 1 aromatic carbocycles. The van der Waals surface area contributed by atoms with Crippen molar-refractivity contribution in [3.8, 4) is 6.07 Å². The molecule has 0 saturated heterocycles. The third kappa shape index (κ3) is 3.01. The molecule has 0 aromatic heterocycles. The lowest BCUT2D eigenvalue weighted by atomic mass is 9.93. The molecule has 0 spiro atoms. The highest BCUT2D eigenvalue weighted by Gasteiger charge is 2.41. The van der Waals surface area contributed by atoms with Crippen molar-refractivity contribution in [2.24, 2.45) is 11.8 Å². The van der Waals surface area contributed by atoms with Crippen LogP contribution in [-0.2, 0) is 6.42 Å². The molecule has 19 heavy (non-hydrogen) atoms. The number of halogens is 3. The number of para-hydroxylation sites is 1. The van der Waals surface area contributed by atoms with Crippen LogP contribution in [0.3, 0.4) is 0 Å². The third-order valence-corrected chi connectivity index (χ3v) is 3.39. The molecular formula is C14H15F3N2. The number of anilines is 1. The molecule has 1 heterocycles. The molecule has 0 radical (unpaired) electrons. The van der Waals surface area contributed by atoms with Gasteiger partial charge < -0.3 is 4.90 Å². The normalized spacial score (nSPS) is 20.6. The van der Waals surface area contributed by atoms with E-state index < -0.39 is 12.1 Å². The fourth-order valence-corrected chi connectivity index (χ4v) is 2.52. The lowest BCUT2D eigenvalue weighted by molar-refractivity contribution is -0.156.